The third kappa shape index (κ3) is 2.36. The molecular weight excluding hydrogens is 204 g/mol. The molecule has 2 heterocycles. The van der Waals surface area contributed by atoms with Crippen LogP contribution in [0.5, 0.6) is 0 Å². The summed E-state index contributed by atoms with van der Waals surface area (Å²) in [7, 11) is 0. The molecule has 0 aliphatic carbocycles. The maximum atomic E-state index is 11.8. The first-order valence-corrected chi connectivity index (χ1v) is 6.28. The second-order valence-corrected chi connectivity index (χ2v) is 4.85. The van der Waals surface area contributed by atoms with E-state index in [-0.39, 0.29) is 11.8 Å². The predicted molar refractivity (Wildman–Crippen MR) is 60.8 cm³/mol. The lowest BCUT2D eigenvalue weighted by Crippen LogP contribution is -2.55. The Morgan fingerprint density at radius 1 is 1.50 bits per heavy atom. The Morgan fingerprint density at radius 3 is 3.06 bits per heavy atom. The minimum Gasteiger partial charge on any atom is -0.353 e. The van der Waals surface area contributed by atoms with Crippen molar-refractivity contribution in [1.29, 1.82) is 0 Å². The van der Waals surface area contributed by atoms with Gasteiger partial charge in [0.05, 0.1) is 0 Å². The Morgan fingerprint density at radius 2 is 2.31 bits per heavy atom. The highest BCUT2D eigenvalue weighted by Gasteiger charge is 2.34. The molecule has 2 atom stereocenters. The quantitative estimate of drug-likeness (QED) is 0.758. The van der Waals surface area contributed by atoms with Crippen LogP contribution in [0.4, 0.5) is 0 Å². The maximum absolute atomic E-state index is 11.8. The van der Waals surface area contributed by atoms with E-state index in [2.05, 4.69) is 5.32 Å². The average molecular weight is 224 g/mol. The molecule has 2 unspecified atom stereocenters. The van der Waals surface area contributed by atoms with Gasteiger partial charge in [0.15, 0.2) is 0 Å². The first-order valence-electron chi connectivity index (χ1n) is 6.28. The lowest BCUT2D eigenvalue weighted by atomic mass is 9.85. The zero-order chi connectivity index (χ0) is 11.5. The van der Waals surface area contributed by atoms with Gasteiger partial charge < -0.3 is 10.2 Å². The number of carbonyl (C=O) groups excluding carboxylic acids is 2. The van der Waals surface area contributed by atoms with E-state index in [0.29, 0.717) is 24.8 Å². The number of amides is 2. The van der Waals surface area contributed by atoms with Crippen molar-refractivity contribution in [3.63, 3.8) is 0 Å². The summed E-state index contributed by atoms with van der Waals surface area (Å²) < 4.78 is 0. The van der Waals surface area contributed by atoms with E-state index in [0.717, 1.165) is 32.4 Å². The molecule has 0 aromatic rings. The van der Waals surface area contributed by atoms with Gasteiger partial charge in [-0.05, 0) is 25.2 Å². The van der Waals surface area contributed by atoms with Gasteiger partial charge in [0.1, 0.15) is 0 Å². The van der Waals surface area contributed by atoms with Gasteiger partial charge in [-0.15, -0.1) is 0 Å². The molecule has 90 valence electrons. The molecule has 2 fully saturated rings. The minimum atomic E-state index is 0.176. The number of nitrogens with zero attached hydrogens (tertiary/aromatic N) is 1. The molecule has 4 heteroatoms. The van der Waals surface area contributed by atoms with Gasteiger partial charge in [0.25, 0.3) is 0 Å². The van der Waals surface area contributed by atoms with Gasteiger partial charge in [-0.2, -0.15) is 0 Å². The van der Waals surface area contributed by atoms with E-state index in [9.17, 15) is 9.59 Å². The van der Waals surface area contributed by atoms with Crippen molar-refractivity contribution >= 4 is 11.8 Å². The molecule has 1 N–H and O–H groups in total. The zero-order valence-corrected chi connectivity index (χ0v) is 9.87. The number of fused-ring (bicyclic) bond motifs is 1. The van der Waals surface area contributed by atoms with E-state index in [4.69, 9.17) is 0 Å². The van der Waals surface area contributed by atoms with Crippen LogP contribution in [0.1, 0.15) is 39.0 Å². The number of nitrogens with one attached hydrogen (secondary N) is 1. The normalized spacial score (nSPS) is 29.6. The standard InChI is InChI=1S/C12H20N2O2/c1-2-3-12(16)14-7-6-10-9(8-14)4-5-11(15)13-10/h9-10H,2-8H2,1H3,(H,13,15). The molecule has 0 saturated carbocycles. The molecule has 2 aliphatic heterocycles. The van der Waals surface area contributed by atoms with E-state index in [1.807, 2.05) is 11.8 Å². The number of piperidine rings is 2. The van der Waals surface area contributed by atoms with Crippen LogP contribution in [-0.4, -0.2) is 35.8 Å². The summed E-state index contributed by atoms with van der Waals surface area (Å²) in [5.74, 6) is 0.930. The van der Waals surface area contributed by atoms with Crippen molar-refractivity contribution in [2.24, 2.45) is 5.92 Å². The van der Waals surface area contributed by atoms with E-state index < -0.39 is 0 Å². The van der Waals surface area contributed by atoms with Crippen LogP contribution in [0.25, 0.3) is 0 Å². The van der Waals surface area contributed by atoms with Gasteiger partial charge in [-0.3, -0.25) is 9.59 Å². The second kappa shape index (κ2) is 4.85. The van der Waals surface area contributed by atoms with Crippen molar-refractivity contribution in [2.75, 3.05) is 13.1 Å². The molecule has 2 aliphatic rings. The van der Waals surface area contributed by atoms with Crippen molar-refractivity contribution in [3.8, 4) is 0 Å². The largest absolute Gasteiger partial charge is 0.353 e. The monoisotopic (exact) mass is 224 g/mol. The Labute approximate surface area is 96.4 Å². The van der Waals surface area contributed by atoms with E-state index in [1.54, 1.807) is 0 Å². The van der Waals surface area contributed by atoms with Crippen molar-refractivity contribution in [3.05, 3.63) is 0 Å². The third-order valence-electron chi connectivity index (χ3n) is 3.64. The van der Waals surface area contributed by atoms with Gasteiger partial charge in [0.2, 0.25) is 11.8 Å². The first-order chi connectivity index (χ1) is 7.70. The lowest BCUT2D eigenvalue weighted by Gasteiger charge is -2.41. The first kappa shape index (κ1) is 11.4. The van der Waals surface area contributed by atoms with Crippen molar-refractivity contribution in [1.82, 2.24) is 10.2 Å². The zero-order valence-electron chi connectivity index (χ0n) is 9.87. The second-order valence-electron chi connectivity index (χ2n) is 4.85. The highest BCUT2D eigenvalue weighted by molar-refractivity contribution is 5.78. The Kier molecular flexibility index (Phi) is 3.46. The van der Waals surface area contributed by atoms with Gasteiger partial charge in [-0.1, -0.05) is 6.92 Å². The number of hydrogen-bond acceptors (Lipinski definition) is 2. The van der Waals surface area contributed by atoms with Crippen LogP contribution in [0, 0.1) is 5.92 Å². The molecule has 2 amide bonds. The summed E-state index contributed by atoms with van der Waals surface area (Å²) in [4.78, 5) is 25.0. The molecule has 2 saturated heterocycles. The molecule has 0 aromatic heterocycles. The molecular formula is C12H20N2O2. The molecule has 0 bridgehead atoms. The summed E-state index contributed by atoms with van der Waals surface area (Å²) in [6.07, 6.45) is 4.05. The van der Waals surface area contributed by atoms with Crippen LogP contribution in [-0.2, 0) is 9.59 Å². The number of carbonyl (C=O) groups is 2. The highest BCUT2D eigenvalue weighted by atomic mass is 16.2. The fourth-order valence-electron chi connectivity index (χ4n) is 2.71. The van der Waals surface area contributed by atoms with Crippen LogP contribution in [0.2, 0.25) is 0 Å². The summed E-state index contributed by atoms with van der Waals surface area (Å²) in [6.45, 7) is 3.68. The van der Waals surface area contributed by atoms with Gasteiger partial charge in [0, 0.05) is 32.0 Å². The lowest BCUT2D eigenvalue weighted by molar-refractivity contribution is -0.134. The summed E-state index contributed by atoms with van der Waals surface area (Å²) in [5, 5.41) is 3.03. The fourth-order valence-corrected chi connectivity index (χ4v) is 2.71. The molecule has 0 spiro atoms. The summed E-state index contributed by atoms with van der Waals surface area (Å²) >= 11 is 0. The smallest absolute Gasteiger partial charge is 0.222 e. The van der Waals surface area contributed by atoms with Crippen molar-refractivity contribution < 1.29 is 9.59 Å². The number of rotatable bonds is 2. The maximum Gasteiger partial charge on any atom is 0.222 e. The Bertz CT molecular complexity index is 291. The average Bonchev–Trinajstić information content (AvgIpc) is 2.28. The van der Waals surface area contributed by atoms with Crippen LogP contribution in [0.15, 0.2) is 0 Å². The SMILES string of the molecule is CCCC(=O)N1CCC2NC(=O)CCC2C1. The van der Waals surface area contributed by atoms with Crippen molar-refractivity contribution in [2.45, 2.75) is 45.1 Å². The number of hydrogen-bond donors (Lipinski definition) is 1. The molecule has 0 aromatic carbocycles. The third-order valence-corrected chi connectivity index (χ3v) is 3.64. The summed E-state index contributed by atoms with van der Waals surface area (Å²) in [6, 6.07) is 0.312. The highest BCUT2D eigenvalue weighted by Crippen LogP contribution is 2.25. The van der Waals surface area contributed by atoms with Crippen LogP contribution in [0.3, 0.4) is 0 Å². The molecule has 4 nitrogen and oxygen atoms in total. The predicted octanol–water partition coefficient (Wildman–Crippen LogP) is 0.914. The van der Waals surface area contributed by atoms with E-state index >= 15 is 0 Å². The van der Waals surface area contributed by atoms with E-state index in [1.165, 1.54) is 0 Å². The number of likely N-dealkylation sites (tertiary alicyclic amines) is 1. The minimum absolute atomic E-state index is 0.176. The summed E-state index contributed by atoms with van der Waals surface area (Å²) in [5.41, 5.74) is 0. The topological polar surface area (TPSA) is 49.4 Å². The molecule has 0 radical (unpaired) electrons. The van der Waals surface area contributed by atoms with Gasteiger partial charge >= 0.3 is 0 Å². The van der Waals surface area contributed by atoms with Crippen LogP contribution >= 0.6 is 0 Å². The molecule has 2 rings (SSSR count). The Balaban J connectivity index is 1.90. The van der Waals surface area contributed by atoms with Gasteiger partial charge in [-0.25, -0.2) is 0 Å². The Hall–Kier alpha value is -1.06. The fraction of sp³-hybridized carbons (Fsp3) is 0.833. The van der Waals surface area contributed by atoms with Crippen LogP contribution < -0.4 is 5.32 Å². The molecule has 16 heavy (non-hydrogen) atoms.